The molecule has 3 aliphatic rings. The highest BCUT2D eigenvalue weighted by Gasteiger charge is 2.38. The van der Waals surface area contributed by atoms with E-state index in [0.717, 1.165) is 39.9 Å². The molecule has 19 heteroatoms. The second kappa shape index (κ2) is 18.6. The van der Waals surface area contributed by atoms with Gasteiger partial charge in [-0.25, -0.2) is 19.6 Å². The topological polar surface area (TPSA) is 219 Å². The molecule has 6 aromatic rings. The van der Waals surface area contributed by atoms with E-state index in [9.17, 15) is 19.2 Å². The van der Waals surface area contributed by atoms with Crippen molar-refractivity contribution in [3.63, 3.8) is 0 Å². The van der Waals surface area contributed by atoms with Crippen molar-refractivity contribution in [1.29, 1.82) is 0 Å². The number of nitrogens with zero attached hydrogens (tertiary/aromatic N) is 6. The molecule has 4 amide bonds. The fraction of sp³-hybridized carbons (Fsp3) is 0.319. The first-order chi connectivity index (χ1) is 32.1. The van der Waals surface area contributed by atoms with E-state index in [0.29, 0.717) is 71.5 Å². The number of imidazole rings is 2. The molecular weight excluding hydrogens is 868 g/mol. The Hall–Kier alpha value is -7.47. The Kier molecular flexibility index (Phi) is 12.3. The fourth-order valence-corrected chi connectivity index (χ4v) is 9.18. The maximum atomic E-state index is 14.2. The average molecular weight is 915 g/mol. The van der Waals surface area contributed by atoms with Gasteiger partial charge >= 0.3 is 12.2 Å². The first-order valence-corrected chi connectivity index (χ1v) is 21.9. The molecule has 1 saturated heterocycles. The summed E-state index contributed by atoms with van der Waals surface area (Å²) in [6.07, 6.45) is 8.67. The minimum atomic E-state index is -1.05. The molecule has 0 spiro atoms. The van der Waals surface area contributed by atoms with Gasteiger partial charge in [-0.05, 0) is 62.6 Å². The van der Waals surface area contributed by atoms with Crippen molar-refractivity contribution < 1.29 is 38.1 Å². The maximum absolute atomic E-state index is 14.2. The van der Waals surface area contributed by atoms with Crippen molar-refractivity contribution in [2.24, 2.45) is 0 Å². The van der Waals surface area contributed by atoms with Crippen LogP contribution in [0.1, 0.15) is 91.2 Å². The minimum absolute atomic E-state index is 0.257. The number of rotatable bonds is 13. The Morgan fingerprint density at radius 2 is 1.50 bits per heavy atom. The molecule has 9 rings (SSSR count). The Labute approximate surface area is 384 Å². The summed E-state index contributed by atoms with van der Waals surface area (Å²) in [5.41, 5.74) is 7.55. The van der Waals surface area contributed by atoms with Crippen molar-refractivity contribution in [3.05, 3.63) is 119 Å². The molecule has 2 aromatic carbocycles. The number of halogens is 1. The van der Waals surface area contributed by atoms with Gasteiger partial charge in [-0.3, -0.25) is 19.6 Å². The summed E-state index contributed by atoms with van der Waals surface area (Å²) in [5, 5.41) is 5.62. The van der Waals surface area contributed by atoms with Crippen LogP contribution in [0.5, 0.6) is 11.5 Å². The summed E-state index contributed by atoms with van der Waals surface area (Å²) in [6.45, 7) is 5.21. The molecule has 0 saturated carbocycles. The van der Waals surface area contributed by atoms with Crippen molar-refractivity contribution >= 4 is 35.6 Å². The van der Waals surface area contributed by atoms with Crippen LogP contribution >= 0.6 is 11.6 Å². The fourth-order valence-electron chi connectivity index (χ4n) is 8.94. The van der Waals surface area contributed by atoms with Gasteiger partial charge in [-0.2, -0.15) is 0 Å². The lowest BCUT2D eigenvalue weighted by Crippen LogP contribution is -2.44. The van der Waals surface area contributed by atoms with Gasteiger partial charge in [0.1, 0.15) is 59.3 Å². The van der Waals surface area contributed by atoms with E-state index in [-0.39, 0.29) is 36.2 Å². The third kappa shape index (κ3) is 8.34. The summed E-state index contributed by atoms with van der Waals surface area (Å²) in [7, 11) is 2.50. The Balaban J connectivity index is 0.958. The lowest BCUT2D eigenvalue weighted by atomic mass is 9.87. The molecule has 0 aliphatic carbocycles. The molecule has 4 aromatic heterocycles. The third-order valence-corrected chi connectivity index (χ3v) is 12.4. The number of amides is 4. The van der Waals surface area contributed by atoms with E-state index in [2.05, 4.69) is 36.6 Å². The van der Waals surface area contributed by atoms with Gasteiger partial charge in [0.2, 0.25) is 0 Å². The summed E-state index contributed by atoms with van der Waals surface area (Å²) in [5.74, 6) is 1.81. The number of alkyl carbamates (subject to hydrolysis) is 2. The van der Waals surface area contributed by atoms with Gasteiger partial charge in [0.15, 0.2) is 0 Å². The Bertz CT molecular complexity index is 2750. The van der Waals surface area contributed by atoms with Crippen LogP contribution in [-0.2, 0) is 32.3 Å². The number of hydrogen-bond donors (Lipinski definition) is 4. The number of benzene rings is 2. The van der Waals surface area contributed by atoms with Crippen LogP contribution in [0.4, 0.5) is 9.59 Å². The average Bonchev–Trinajstić information content (AvgIpc) is 4.14. The zero-order chi connectivity index (χ0) is 46.1. The van der Waals surface area contributed by atoms with Gasteiger partial charge in [0, 0.05) is 82.4 Å². The SMILES string of the molecule is CCCN(C(=O)C(NC(=O)OC)c1cccnc1)C(C)c1nc(-c2cc3c4c(c2)OCc2cc(-c5cnc(C6CCCN6C(=O)C(NC(=O)OC)c6cccnc6)[nH]5)cc(c2-4)OC3)c(Cl)[nH]1. The molecule has 1 fully saturated rings. The Morgan fingerprint density at radius 1 is 0.879 bits per heavy atom. The van der Waals surface area contributed by atoms with E-state index < -0.39 is 30.3 Å². The molecule has 0 bridgehead atoms. The smallest absolute Gasteiger partial charge is 0.407 e. The number of aromatic amines is 2. The quantitative estimate of drug-likeness (QED) is 0.0885. The second-order valence-corrected chi connectivity index (χ2v) is 16.5. The number of nitrogens with one attached hydrogen (secondary N) is 4. The van der Waals surface area contributed by atoms with Crippen LogP contribution < -0.4 is 20.1 Å². The molecular formula is C47H47ClN10O8. The molecule has 3 aliphatic heterocycles. The standard InChI is InChI=1S/C47H47ClN10O8/c1-5-14-57(44(59)39(54-46(61)63-3)26-9-6-12-49-20-26)25(2)42-53-38(41(48)56-42)29-17-31-24-65-34-18-28(16-30-23-66-35(19-29)37(31)36(30)34)32-22-51-43(52-32)33-11-8-15-58(33)45(60)40(55-47(62)64-4)27-10-7-13-50-21-27/h6-7,9-10,12-13,16-22,25,33,39-40H,5,8,11,14-15,23-24H2,1-4H3,(H,51,52)(H,53,56)(H,54,61)(H,55,62). The first kappa shape index (κ1) is 43.8. The monoisotopic (exact) mass is 914 g/mol. The van der Waals surface area contributed by atoms with Gasteiger partial charge in [0.05, 0.1) is 38.2 Å². The number of carbonyl (C=O) groups is 4. The van der Waals surface area contributed by atoms with Crippen molar-refractivity contribution in [2.75, 3.05) is 27.3 Å². The summed E-state index contributed by atoms with van der Waals surface area (Å²) < 4.78 is 22.6. The van der Waals surface area contributed by atoms with Crippen molar-refractivity contribution in [1.82, 2.24) is 50.3 Å². The summed E-state index contributed by atoms with van der Waals surface area (Å²) in [6, 6.07) is 11.9. The highest BCUT2D eigenvalue weighted by atomic mass is 35.5. The molecule has 340 valence electrons. The zero-order valence-corrected chi connectivity index (χ0v) is 37.3. The highest BCUT2D eigenvalue weighted by Crippen LogP contribution is 2.51. The van der Waals surface area contributed by atoms with Crippen molar-refractivity contribution in [2.45, 2.75) is 70.5 Å². The number of H-pyrrole nitrogens is 2. The molecule has 18 nitrogen and oxygen atoms in total. The van der Waals surface area contributed by atoms with E-state index in [4.69, 9.17) is 40.5 Å². The minimum Gasteiger partial charge on any atom is -0.488 e. The summed E-state index contributed by atoms with van der Waals surface area (Å²) >= 11 is 6.88. The van der Waals surface area contributed by atoms with Crippen LogP contribution in [0, 0.1) is 0 Å². The molecule has 7 heterocycles. The molecule has 4 atom stereocenters. The number of ether oxygens (including phenoxy) is 4. The maximum Gasteiger partial charge on any atom is 0.407 e. The Morgan fingerprint density at radius 3 is 2.12 bits per heavy atom. The van der Waals surface area contributed by atoms with Gasteiger partial charge in [-0.1, -0.05) is 30.7 Å². The lowest BCUT2D eigenvalue weighted by molar-refractivity contribution is -0.136. The number of methoxy groups -OCH3 is 2. The number of likely N-dealkylation sites (tertiary alicyclic amines) is 1. The van der Waals surface area contributed by atoms with E-state index in [1.807, 2.05) is 32.0 Å². The summed E-state index contributed by atoms with van der Waals surface area (Å²) in [4.78, 5) is 80.9. The van der Waals surface area contributed by atoms with Crippen LogP contribution in [0.15, 0.2) is 79.5 Å². The van der Waals surface area contributed by atoms with E-state index in [1.165, 1.54) is 20.4 Å². The second-order valence-electron chi connectivity index (χ2n) is 16.2. The highest BCUT2D eigenvalue weighted by molar-refractivity contribution is 6.32. The molecule has 4 N–H and O–H groups in total. The van der Waals surface area contributed by atoms with Gasteiger partial charge in [0.25, 0.3) is 11.8 Å². The lowest BCUT2D eigenvalue weighted by Gasteiger charge is -2.31. The van der Waals surface area contributed by atoms with Crippen molar-refractivity contribution in [3.8, 4) is 45.1 Å². The van der Waals surface area contributed by atoms with Crippen LogP contribution in [0.25, 0.3) is 33.6 Å². The van der Waals surface area contributed by atoms with Crippen LogP contribution in [0.3, 0.4) is 0 Å². The number of carbonyl (C=O) groups excluding carboxylic acids is 4. The zero-order valence-electron chi connectivity index (χ0n) is 36.6. The van der Waals surface area contributed by atoms with E-state index >= 15 is 0 Å². The molecule has 66 heavy (non-hydrogen) atoms. The number of aromatic nitrogens is 6. The largest absolute Gasteiger partial charge is 0.488 e. The number of pyridine rings is 2. The van der Waals surface area contributed by atoms with Gasteiger partial charge in [-0.15, -0.1) is 0 Å². The first-order valence-electron chi connectivity index (χ1n) is 21.6. The predicted octanol–water partition coefficient (Wildman–Crippen LogP) is 7.52. The van der Waals surface area contributed by atoms with Crippen LogP contribution in [-0.4, -0.2) is 91.0 Å². The third-order valence-electron chi connectivity index (χ3n) is 12.1. The predicted molar refractivity (Wildman–Crippen MR) is 240 cm³/mol. The van der Waals surface area contributed by atoms with E-state index in [1.54, 1.807) is 58.9 Å². The van der Waals surface area contributed by atoms with Gasteiger partial charge < -0.3 is 49.3 Å². The normalized spacial score (nSPS) is 15.9. The van der Waals surface area contributed by atoms with Crippen LogP contribution in [0.2, 0.25) is 5.15 Å². The number of hydrogen-bond acceptors (Lipinski definition) is 12. The molecule has 4 unspecified atom stereocenters. The molecule has 0 radical (unpaired) electrons.